The fraction of sp³-hybridized carbons (Fsp3) is 0.529. The number of fused-ring (bicyclic) bond motifs is 1. The van der Waals surface area contributed by atoms with Gasteiger partial charge in [-0.15, -0.1) is 0 Å². The Balaban J connectivity index is 1.50. The molecule has 4 rings (SSSR count). The number of nitrogens with zero attached hydrogens (tertiary/aromatic N) is 3. The van der Waals surface area contributed by atoms with Gasteiger partial charge in [0.2, 0.25) is 0 Å². The molecule has 4 atom stereocenters. The zero-order chi connectivity index (χ0) is 15.6. The summed E-state index contributed by atoms with van der Waals surface area (Å²) in [6.45, 7) is 2.67. The summed E-state index contributed by atoms with van der Waals surface area (Å²) in [7, 11) is 0. The first kappa shape index (κ1) is 14.7. The number of aliphatic hydroxyl groups is 1. The van der Waals surface area contributed by atoms with Gasteiger partial charge in [-0.25, -0.2) is 4.98 Å². The van der Waals surface area contributed by atoms with E-state index >= 15 is 0 Å². The molecule has 2 aliphatic rings. The molecule has 2 aromatic heterocycles. The summed E-state index contributed by atoms with van der Waals surface area (Å²) in [5, 5.41) is 13.9. The first-order valence-electron chi connectivity index (χ1n) is 8.24. The molecular weight excluding hydrogens is 292 g/mol. The van der Waals surface area contributed by atoms with Crippen LogP contribution in [-0.2, 0) is 6.54 Å². The lowest BCUT2D eigenvalue weighted by Crippen LogP contribution is -2.42. The van der Waals surface area contributed by atoms with Crippen LogP contribution in [0.4, 0.5) is 0 Å². The molecule has 1 aliphatic carbocycles. The van der Waals surface area contributed by atoms with Crippen LogP contribution < -0.4 is 10.1 Å². The number of hydrogen-bond acceptors (Lipinski definition) is 5. The molecule has 0 spiro atoms. The number of pyridine rings is 1. The molecule has 1 saturated carbocycles. The zero-order valence-corrected chi connectivity index (χ0v) is 13.0. The first-order chi connectivity index (χ1) is 11.3. The Morgan fingerprint density at radius 2 is 2.13 bits per heavy atom. The van der Waals surface area contributed by atoms with Crippen LogP contribution in [0.5, 0.6) is 5.75 Å². The van der Waals surface area contributed by atoms with E-state index in [0.717, 1.165) is 37.4 Å². The summed E-state index contributed by atoms with van der Waals surface area (Å²) in [6, 6.07) is 3.81. The predicted octanol–water partition coefficient (Wildman–Crippen LogP) is 1.06. The highest BCUT2D eigenvalue weighted by atomic mass is 16.5. The van der Waals surface area contributed by atoms with Gasteiger partial charge in [0.15, 0.2) is 0 Å². The molecule has 2 fully saturated rings. The van der Waals surface area contributed by atoms with E-state index in [-0.39, 0.29) is 6.10 Å². The van der Waals surface area contributed by atoms with Gasteiger partial charge in [0.25, 0.3) is 0 Å². The second-order valence-corrected chi connectivity index (χ2v) is 6.56. The Morgan fingerprint density at radius 1 is 1.26 bits per heavy atom. The number of nitrogens with one attached hydrogen (secondary N) is 1. The van der Waals surface area contributed by atoms with Crippen molar-refractivity contribution in [2.45, 2.75) is 31.6 Å². The van der Waals surface area contributed by atoms with E-state index in [1.807, 2.05) is 22.9 Å². The molecule has 0 amide bonds. The quantitative estimate of drug-likeness (QED) is 0.883. The molecular formula is C17H22N4O2. The highest BCUT2D eigenvalue weighted by Crippen LogP contribution is 2.35. The smallest absolute Gasteiger partial charge is 0.143 e. The Bertz CT molecular complexity index is 646. The van der Waals surface area contributed by atoms with Crippen molar-refractivity contribution < 1.29 is 9.84 Å². The largest absolute Gasteiger partial charge is 0.486 e. The van der Waals surface area contributed by atoms with E-state index in [4.69, 9.17) is 4.74 Å². The topological polar surface area (TPSA) is 72.2 Å². The normalized spacial score (nSPS) is 30.1. The molecule has 6 nitrogen and oxygen atoms in total. The van der Waals surface area contributed by atoms with Crippen molar-refractivity contribution in [2.75, 3.05) is 13.1 Å². The van der Waals surface area contributed by atoms with E-state index < -0.39 is 6.10 Å². The minimum Gasteiger partial charge on any atom is -0.486 e. The van der Waals surface area contributed by atoms with Crippen molar-refractivity contribution in [1.29, 1.82) is 0 Å². The molecule has 0 radical (unpaired) electrons. The Hall–Kier alpha value is -1.92. The molecule has 0 aromatic carbocycles. The van der Waals surface area contributed by atoms with E-state index in [1.165, 1.54) is 0 Å². The van der Waals surface area contributed by atoms with Crippen molar-refractivity contribution in [3.8, 4) is 5.75 Å². The maximum absolute atomic E-state index is 10.4. The lowest BCUT2D eigenvalue weighted by Gasteiger charge is -2.35. The number of imidazole rings is 1. The van der Waals surface area contributed by atoms with Gasteiger partial charge < -0.3 is 19.7 Å². The fourth-order valence-corrected chi connectivity index (χ4v) is 3.75. The fourth-order valence-electron chi connectivity index (χ4n) is 3.75. The zero-order valence-electron chi connectivity index (χ0n) is 13.0. The minimum atomic E-state index is -0.405. The molecule has 3 heterocycles. The molecule has 2 N–H and O–H groups in total. The Morgan fingerprint density at radius 3 is 2.96 bits per heavy atom. The van der Waals surface area contributed by atoms with Crippen molar-refractivity contribution in [2.24, 2.45) is 11.8 Å². The number of hydrogen-bond donors (Lipinski definition) is 2. The van der Waals surface area contributed by atoms with E-state index in [2.05, 4.69) is 15.3 Å². The van der Waals surface area contributed by atoms with Gasteiger partial charge in [0, 0.05) is 18.6 Å². The lowest BCUT2D eigenvalue weighted by molar-refractivity contribution is -0.0237. The van der Waals surface area contributed by atoms with Crippen molar-refractivity contribution in [3.05, 3.63) is 42.7 Å². The van der Waals surface area contributed by atoms with Crippen molar-refractivity contribution >= 4 is 0 Å². The van der Waals surface area contributed by atoms with Crippen LogP contribution in [0, 0.1) is 11.8 Å². The molecule has 122 valence electrons. The average Bonchev–Trinajstić information content (AvgIpc) is 3.21. The molecule has 0 unspecified atom stereocenters. The van der Waals surface area contributed by atoms with E-state index in [1.54, 1.807) is 18.7 Å². The predicted molar refractivity (Wildman–Crippen MR) is 85.1 cm³/mol. The van der Waals surface area contributed by atoms with Crippen LogP contribution >= 0.6 is 0 Å². The summed E-state index contributed by atoms with van der Waals surface area (Å²) in [4.78, 5) is 8.50. The molecule has 0 bridgehead atoms. The summed E-state index contributed by atoms with van der Waals surface area (Å²) in [5.74, 6) is 1.95. The Kier molecular flexibility index (Phi) is 4.01. The van der Waals surface area contributed by atoms with Crippen LogP contribution in [0.1, 0.15) is 18.5 Å². The molecule has 23 heavy (non-hydrogen) atoms. The van der Waals surface area contributed by atoms with Crippen LogP contribution in [0.3, 0.4) is 0 Å². The van der Waals surface area contributed by atoms with Gasteiger partial charge in [0.05, 0.1) is 19.0 Å². The first-order valence-corrected chi connectivity index (χ1v) is 8.24. The maximum Gasteiger partial charge on any atom is 0.143 e. The van der Waals surface area contributed by atoms with Gasteiger partial charge >= 0.3 is 0 Å². The summed E-state index contributed by atoms with van der Waals surface area (Å²) in [5.41, 5.74) is 0.865. The number of ether oxygens (including phenoxy) is 1. The number of rotatable bonds is 4. The SMILES string of the molecule is O[C@@H]1C[C@H]2CNC[C@H]2C[C@H]1Oc1cccnc1Cn1ccnc1. The van der Waals surface area contributed by atoms with Crippen LogP contribution in [0.2, 0.25) is 0 Å². The highest BCUT2D eigenvalue weighted by Gasteiger charge is 2.40. The molecule has 2 aromatic rings. The van der Waals surface area contributed by atoms with E-state index in [9.17, 15) is 5.11 Å². The third-order valence-electron chi connectivity index (χ3n) is 5.01. The standard InChI is InChI=1S/C17H22N4O2/c22-15-6-12-8-19-9-13(12)7-17(15)23-16-2-1-3-20-14(16)10-21-5-4-18-11-21/h1-5,11-13,15,17,19,22H,6-10H2/t12-,13+,15+,17+/m0/s1. The third kappa shape index (κ3) is 3.09. The third-order valence-corrected chi connectivity index (χ3v) is 5.01. The van der Waals surface area contributed by atoms with Gasteiger partial charge in [-0.05, 0) is 49.9 Å². The molecule has 1 saturated heterocycles. The minimum absolute atomic E-state index is 0.151. The second kappa shape index (κ2) is 6.29. The van der Waals surface area contributed by atoms with Crippen molar-refractivity contribution in [1.82, 2.24) is 19.9 Å². The molecule has 1 aliphatic heterocycles. The summed E-state index contributed by atoms with van der Waals surface area (Å²) < 4.78 is 8.14. The van der Waals surface area contributed by atoms with Crippen LogP contribution in [0.15, 0.2) is 37.1 Å². The van der Waals surface area contributed by atoms with Crippen LogP contribution in [0.25, 0.3) is 0 Å². The van der Waals surface area contributed by atoms with Gasteiger partial charge in [-0.3, -0.25) is 4.98 Å². The van der Waals surface area contributed by atoms with Gasteiger partial charge in [-0.2, -0.15) is 0 Å². The highest BCUT2D eigenvalue weighted by molar-refractivity contribution is 5.27. The summed E-state index contributed by atoms with van der Waals surface area (Å²) in [6.07, 6.45) is 8.36. The maximum atomic E-state index is 10.4. The van der Waals surface area contributed by atoms with E-state index in [0.29, 0.717) is 18.4 Å². The average molecular weight is 314 g/mol. The van der Waals surface area contributed by atoms with Gasteiger partial charge in [-0.1, -0.05) is 0 Å². The monoisotopic (exact) mass is 314 g/mol. The Labute approximate surface area is 135 Å². The lowest BCUT2D eigenvalue weighted by atomic mass is 9.78. The van der Waals surface area contributed by atoms with Crippen molar-refractivity contribution in [3.63, 3.8) is 0 Å². The van der Waals surface area contributed by atoms with Gasteiger partial charge in [0.1, 0.15) is 17.5 Å². The van der Waals surface area contributed by atoms with Crippen LogP contribution in [-0.4, -0.2) is 44.9 Å². The number of aliphatic hydroxyl groups excluding tert-OH is 1. The number of aromatic nitrogens is 3. The second-order valence-electron chi connectivity index (χ2n) is 6.56. The molecule has 6 heteroatoms. The summed E-state index contributed by atoms with van der Waals surface area (Å²) >= 11 is 0.